The third-order valence-corrected chi connectivity index (χ3v) is 6.11. The Morgan fingerprint density at radius 1 is 1.26 bits per heavy atom. The maximum atomic E-state index is 12.7. The van der Waals surface area contributed by atoms with Gasteiger partial charge in [-0.25, -0.2) is 4.98 Å². The average Bonchev–Trinajstić information content (AvgIpc) is 3.52. The van der Waals surface area contributed by atoms with E-state index in [2.05, 4.69) is 51.4 Å². The quantitative estimate of drug-likeness (QED) is 0.227. The van der Waals surface area contributed by atoms with E-state index in [9.17, 15) is 14.9 Å². The highest BCUT2D eigenvalue weighted by molar-refractivity contribution is 5.97. The zero-order chi connectivity index (χ0) is 24.8. The van der Waals surface area contributed by atoms with Crippen LogP contribution in [0.5, 0.6) is 0 Å². The molecule has 0 radical (unpaired) electrons. The van der Waals surface area contributed by atoms with Crippen LogP contribution in [-0.4, -0.2) is 40.1 Å². The van der Waals surface area contributed by atoms with Crippen LogP contribution in [0.1, 0.15) is 25.3 Å². The number of nitrogens with zero attached hydrogens (tertiary/aromatic N) is 3. The zero-order valence-electron chi connectivity index (χ0n) is 19.7. The lowest BCUT2D eigenvalue weighted by molar-refractivity contribution is -0.384. The Morgan fingerprint density at radius 2 is 2.06 bits per heavy atom. The maximum Gasteiger partial charge on any atom is 0.311 e. The van der Waals surface area contributed by atoms with Crippen molar-refractivity contribution < 1.29 is 14.5 Å². The Bertz CT molecular complexity index is 1190. The third-order valence-electron chi connectivity index (χ3n) is 6.11. The number of pyridine rings is 1. The van der Waals surface area contributed by atoms with Crippen molar-refractivity contribution in [3.8, 4) is 11.1 Å². The van der Waals surface area contributed by atoms with Crippen molar-refractivity contribution in [3.05, 3.63) is 64.5 Å². The molecule has 0 saturated carbocycles. The summed E-state index contributed by atoms with van der Waals surface area (Å²) in [5.41, 5.74) is 9.50. The highest BCUT2D eigenvalue weighted by Gasteiger charge is 2.24. The Balaban J connectivity index is 1.43. The van der Waals surface area contributed by atoms with Gasteiger partial charge in [0.05, 0.1) is 23.1 Å². The van der Waals surface area contributed by atoms with Gasteiger partial charge in [-0.15, -0.1) is 0 Å². The lowest BCUT2D eigenvalue weighted by atomic mass is 10.0. The van der Waals surface area contributed by atoms with E-state index in [1.807, 2.05) is 12.4 Å². The number of nitro groups is 1. The van der Waals surface area contributed by atoms with Crippen molar-refractivity contribution in [2.45, 2.75) is 32.7 Å². The number of nitrogens with two attached hydrogens (primary N) is 1. The number of hydrogen-bond acceptors (Lipinski definition) is 7. The van der Waals surface area contributed by atoms with Gasteiger partial charge in [0.15, 0.2) is 0 Å². The van der Waals surface area contributed by atoms with Gasteiger partial charge in [0.25, 0.3) is 0 Å². The summed E-state index contributed by atoms with van der Waals surface area (Å²) in [6.45, 7) is 4.50. The van der Waals surface area contributed by atoms with Crippen LogP contribution in [0.3, 0.4) is 0 Å². The molecule has 1 aliphatic heterocycles. The minimum atomic E-state index is -0.554. The van der Waals surface area contributed by atoms with E-state index < -0.39 is 4.92 Å². The van der Waals surface area contributed by atoms with Crippen molar-refractivity contribution in [1.82, 2.24) is 9.55 Å². The molecule has 1 saturated heterocycles. The lowest BCUT2D eigenvalue weighted by Crippen LogP contribution is -2.22. The Morgan fingerprint density at radius 3 is 2.71 bits per heavy atom. The molecule has 1 amide bonds. The molecular formula is C25H30N6O4. The van der Waals surface area contributed by atoms with Crippen LogP contribution in [0.25, 0.3) is 11.1 Å². The number of nitrogens with one attached hydrogen (secondary N) is 2. The summed E-state index contributed by atoms with van der Waals surface area (Å²) in [6.07, 6.45) is 6.48. The first-order chi connectivity index (χ1) is 16.9. The number of carbonyl (C=O) groups excluding carboxylic acids is 1. The molecule has 35 heavy (non-hydrogen) atoms. The summed E-state index contributed by atoms with van der Waals surface area (Å²) in [7, 11) is 0. The van der Waals surface area contributed by atoms with Crippen molar-refractivity contribution in [1.29, 1.82) is 0 Å². The first-order valence-corrected chi connectivity index (χ1v) is 11.8. The SMILES string of the molecule is CCc1ccc(-c2cn(CCCNc3ccc([N+](=O)[O-])c(N)n3)cc2NC(=O)C2CCOC2)cc1. The van der Waals surface area contributed by atoms with Gasteiger partial charge in [0, 0.05) is 43.7 Å². The van der Waals surface area contributed by atoms with Gasteiger partial charge in [0.1, 0.15) is 5.82 Å². The van der Waals surface area contributed by atoms with Gasteiger partial charge in [-0.2, -0.15) is 0 Å². The number of rotatable bonds is 10. The molecule has 1 fully saturated rings. The van der Waals surface area contributed by atoms with Crippen LogP contribution in [0, 0.1) is 16.0 Å². The molecule has 0 bridgehead atoms. The number of amides is 1. The second kappa shape index (κ2) is 11.0. The Hall–Kier alpha value is -3.92. The second-order valence-electron chi connectivity index (χ2n) is 8.56. The van der Waals surface area contributed by atoms with Gasteiger partial charge >= 0.3 is 5.69 Å². The van der Waals surface area contributed by atoms with E-state index in [0.717, 1.165) is 36.1 Å². The van der Waals surface area contributed by atoms with E-state index in [4.69, 9.17) is 10.5 Å². The van der Waals surface area contributed by atoms with Gasteiger partial charge < -0.3 is 25.7 Å². The fourth-order valence-electron chi connectivity index (χ4n) is 4.06. The summed E-state index contributed by atoms with van der Waals surface area (Å²) in [4.78, 5) is 27.1. The average molecular weight is 479 g/mol. The molecule has 1 atom stereocenters. The van der Waals surface area contributed by atoms with E-state index in [0.29, 0.717) is 32.1 Å². The molecule has 3 heterocycles. The third kappa shape index (κ3) is 5.96. The predicted octanol–water partition coefficient (Wildman–Crippen LogP) is 4.08. The molecule has 184 valence electrons. The number of aryl methyl sites for hydroxylation is 2. The monoisotopic (exact) mass is 478 g/mol. The molecule has 1 aromatic carbocycles. The molecular weight excluding hydrogens is 448 g/mol. The number of benzene rings is 1. The fraction of sp³-hybridized carbons (Fsp3) is 0.360. The molecule has 0 aliphatic carbocycles. The highest BCUT2D eigenvalue weighted by Crippen LogP contribution is 2.31. The number of anilines is 3. The second-order valence-corrected chi connectivity index (χ2v) is 8.56. The number of nitrogen functional groups attached to an aromatic ring is 1. The summed E-state index contributed by atoms with van der Waals surface area (Å²) in [5.74, 6) is 0.232. The first-order valence-electron chi connectivity index (χ1n) is 11.8. The number of carbonyl (C=O) groups is 1. The predicted molar refractivity (Wildman–Crippen MR) is 135 cm³/mol. The zero-order valence-corrected chi connectivity index (χ0v) is 19.7. The van der Waals surface area contributed by atoms with E-state index in [-0.39, 0.29) is 23.3 Å². The molecule has 2 aromatic heterocycles. The molecule has 1 unspecified atom stereocenters. The fourth-order valence-corrected chi connectivity index (χ4v) is 4.06. The van der Waals surface area contributed by atoms with Crippen LogP contribution in [0.4, 0.5) is 23.0 Å². The van der Waals surface area contributed by atoms with Gasteiger partial charge in [0.2, 0.25) is 11.7 Å². The van der Waals surface area contributed by atoms with Crippen molar-refractivity contribution in [2.24, 2.45) is 5.92 Å². The largest absolute Gasteiger partial charge is 0.381 e. The number of hydrogen-bond donors (Lipinski definition) is 3. The number of ether oxygens (including phenoxy) is 1. The van der Waals surface area contributed by atoms with Gasteiger partial charge in [-0.1, -0.05) is 31.2 Å². The van der Waals surface area contributed by atoms with E-state index in [1.165, 1.54) is 11.6 Å². The van der Waals surface area contributed by atoms with Crippen molar-refractivity contribution in [3.63, 3.8) is 0 Å². The number of aromatic nitrogens is 2. The molecule has 3 aromatic rings. The van der Waals surface area contributed by atoms with Gasteiger partial charge in [-0.05, 0) is 36.5 Å². The van der Waals surface area contributed by atoms with Crippen LogP contribution < -0.4 is 16.4 Å². The lowest BCUT2D eigenvalue weighted by Gasteiger charge is -2.10. The summed E-state index contributed by atoms with van der Waals surface area (Å²) < 4.78 is 7.43. The van der Waals surface area contributed by atoms with E-state index in [1.54, 1.807) is 6.07 Å². The Kier molecular flexibility index (Phi) is 7.61. The van der Waals surface area contributed by atoms with Crippen LogP contribution >= 0.6 is 0 Å². The smallest absolute Gasteiger partial charge is 0.311 e. The molecule has 4 N–H and O–H groups in total. The van der Waals surface area contributed by atoms with Crippen LogP contribution in [0.15, 0.2) is 48.8 Å². The molecule has 1 aliphatic rings. The minimum Gasteiger partial charge on any atom is -0.381 e. The van der Waals surface area contributed by atoms with E-state index >= 15 is 0 Å². The molecule has 10 heteroatoms. The molecule has 0 spiro atoms. The van der Waals surface area contributed by atoms with Crippen molar-refractivity contribution in [2.75, 3.05) is 36.1 Å². The molecule has 10 nitrogen and oxygen atoms in total. The summed E-state index contributed by atoms with van der Waals surface area (Å²) >= 11 is 0. The minimum absolute atomic E-state index is 0.0184. The van der Waals surface area contributed by atoms with Gasteiger partial charge in [-0.3, -0.25) is 14.9 Å². The normalized spacial score (nSPS) is 15.2. The maximum absolute atomic E-state index is 12.7. The first kappa shape index (κ1) is 24.2. The standard InChI is InChI=1S/C25H30N6O4/c1-2-17-4-6-18(7-5-17)20-14-30(15-21(20)28-25(32)19-10-13-35-16-19)12-3-11-27-23-9-8-22(31(33)34)24(26)29-23/h4-9,14-15,19H,2-3,10-13,16H2,1H3,(H,28,32)(H3,26,27,29). The topological polar surface area (TPSA) is 137 Å². The van der Waals surface area contributed by atoms with Crippen molar-refractivity contribution >= 4 is 28.9 Å². The summed E-state index contributed by atoms with van der Waals surface area (Å²) in [6, 6.07) is 11.3. The highest BCUT2D eigenvalue weighted by atomic mass is 16.6. The summed E-state index contributed by atoms with van der Waals surface area (Å²) in [5, 5.41) is 17.1. The van der Waals surface area contributed by atoms with Crippen LogP contribution in [-0.2, 0) is 22.5 Å². The van der Waals surface area contributed by atoms with Crippen LogP contribution in [0.2, 0.25) is 0 Å². The molecule has 4 rings (SSSR count). The Labute approximate surface area is 203 Å².